The van der Waals surface area contributed by atoms with Crippen molar-refractivity contribution >= 4 is 5.69 Å². The minimum atomic E-state index is 0.106. The molecule has 0 bridgehead atoms. The van der Waals surface area contributed by atoms with Crippen LogP contribution in [0.4, 0.5) is 5.69 Å². The fourth-order valence-corrected chi connectivity index (χ4v) is 2.82. The summed E-state index contributed by atoms with van der Waals surface area (Å²) in [6.45, 7) is 3.71. The van der Waals surface area contributed by atoms with Crippen LogP contribution in [0.2, 0.25) is 0 Å². The predicted molar refractivity (Wildman–Crippen MR) is 69.4 cm³/mol. The molecule has 0 fully saturated rings. The first kappa shape index (κ1) is 10.1. The fourth-order valence-electron chi connectivity index (χ4n) is 2.82. The quantitative estimate of drug-likeness (QED) is 0.807. The second kappa shape index (κ2) is 3.59. The zero-order chi connectivity index (χ0) is 12.1. The van der Waals surface area contributed by atoms with Gasteiger partial charge < -0.3 is 15.0 Å². The van der Waals surface area contributed by atoms with Gasteiger partial charge in [0.25, 0.3) is 0 Å². The maximum Gasteiger partial charge on any atom is 0.140 e. The van der Waals surface area contributed by atoms with E-state index in [0.29, 0.717) is 6.61 Å². The molecule has 4 nitrogen and oxygen atoms in total. The minimum Gasteiger partial charge on any atom is -0.384 e. The fraction of sp³-hybridized carbons (Fsp3) is 0.357. The standard InChI is InChI=1S/C14H15N3O/c1-8-12-11(7-18-8)16-14(17-12)10-4-2-3-9-5-6-15-13(9)10/h2-4,8,15H,5-7H2,1H3,(H,16,17). The Kier molecular flexibility index (Phi) is 2.02. The van der Waals surface area contributed by atoms with Gasteiger partial charge in [-0.2, -0.15) is 0 Å². The Morgan fingerprint density at radius 2 is 2.33 bits per heavy atom. The highest BCUT2D eigenvalue weighted by Crippen LogP contribution is 2.36. The lowest BCUT2D eigenvalue weighted by molar-refractivity contribution is 0.0762. The van der Waals surface area contributed by atoms with Gasteiger partial charge in [-0.3, -0.25) is 0 Å². The van der Waals surface area contributed by atoms with Crippen molar-refractivity contribution in [2.45, 2.75) is 26.1 Å². The largest absolute Gasteiger partial charge is 0.384 e. The van der Waals surface area contributed by atoms with Crippen molar-refractivity contribution in [3.8, 4) is 11.4 Å². The molecule has 0 spiro atoms. The first-order chi connectivity index (χ1) is 8.83. The van der Waals surface area contributed by atoms with Gasteiger partial charge in [0, 0.05) is 17.8 Å². The third kappa shape index (κ3) is 1.32. The molecule has 3 heterocycles. The first-order valence-corrected chi connectivity index (χ1v) is 6.39. The van der Waals surface area contributed by atoms with Gasteiger partial charge in [0.15, 0.2) is 0 Å². The lowest BCUT2D eigenvalue weighted by Gasteiger charge is -2.07. The number of fused-ring (bicyclic) bond motifs is 2. The summed E-state index contributed by atoms with van der Waals surface area (Å²) in [5.41, 5.74) is 5.96. The molecule has 2 aliphatic rings. The zero-order valence-corrected chi connectivity index (χ0v) is 10.3. The molecule has 0 saturated carbocycles. The third-order valence-electron chi connectivity index (χ3n) is 3.78. The molecule has 4 heteroatoms. The van der Waals surface area contributed by atoms with Gasteiger partial charge >= 0.3 is 0 Å². The van der Waals surface area contributed by atoms with Crippen LogP contribution in [0.3, 0.4) is 0 Å². The smallest absolute Gasteiger partial charge is 0.140 e. The normalized spacial score (nSPS) is 20.6. The Morgan fingerprint density at radius 1 is 1.39 bits per heavy atom. The van der Waals surface area contributed by atoms with Crippen LogP contribution < -0.4 is 5.32 Å². The molecule has 2 aromatic rings. The van der Waals surface area contributed by atoms with E-state index in [1.165, 1.54) is 16.8 Å². The maximum atomic E-state index is 5.54. The maximum absolute atomic E-state index is 5.54. The third-order valence-corrected chi connectivity index (χ3v) is 3.78. The summed E-state index contributed by atoms with van der Waals surface area (Å²) in [7, 11) is 0. The summed E-state index contributed by atoms with van der Waals surface area (Å²) < 4.78 is 5.54. The average molecular weight is 241 g/mol. The molecule has 0 aliphatic carbocycles. The van der Waals surface area contributed by atoms with Crippen molar-refractivity contribution in [2.75, 3.05) is 11.9 Å². The number of imidazole rings is 1. The molecule has 0 amide bonds. The minimum absolute atomic E-state index is 0.106. The second-order valence-electron chi connectivity index (χ2n) is 4.92. The summed E-state index contributed by atoms with van der Waals surface area (Å²) in [6.07, 6.45) is 1.21. The number of para-hydroxylation sites is 1. The van der Waals surface area contributed by atoms with Crippen LogP contribution in [0.1, 0.15) is 30.0 Å². The number of benzene rings is 1. The van der Waals surface area contributed by atoms with Crippen LogP contribution in [0.5, 0.6) is 0 Å². The van der Waals surface area contributed by atoms with Crippen molar-refractivity contribution in [2.24, 2.45) is 0 Å². The van der Waals surface area contributed by atoms with E-state index in [1.54, 1.807) is 0 Å². The number of hydrogen-bond donors (Lipinski definition) is 2. The molecule has 1 atom stereocenters. The van der Waals surface area contributed by atoms with Crippen LogP contribution in [0, 0.1) is 0 Å². The molecule has 92 valence electrons. The first-order valence-electron chi connectivity index (χ1n) is 6.39. The van der Waals surface area contributed by atoms with Gasteiger partial charge in [-0.25, -0.2) is 4.98 Å². The van der Waals surface area contributed by atoms with Crippen LogP contribution in [0.15, 0.2) is 18.2 Å². The Bertz CT molecular complexity index is 617. The van der Waals surface area contributed by atoms with Crippen LogP contribution >= 0.6 is 0 Å². The number of nitrogens with one attached hydrogen (secondary N) is 2. The van der Waals surface area contributed by atoms with E-state index in [4.69, 9.17) is 9.72 Å². The number of aromatic amines is 1. The van der Waals surface area contributed by atoms with Gasteiger partial charge in [0.1, 0.15) is 5.82 Å². The molecule has 2 N–H and O–H groups in total. The summed E-state index contributed by atoms with van der Waals surface area (Å²) in [6, 6.07) is 6.41. The summed E-state index contributed by atoms with van der Waals surface area (Å²) >= 11 is 0. The van der Waals surface area contributed by atoms with Crippen molar-refractivity contribution in [3.05, 3.63) is 35.2 Å². The number of aromatic nitrogens is 2. The highest BCUT2D eigenvalue weighted by Gasteiger charge is 2.25. The molecule has 0 radical (unpaired) electrons. The van der Waals surface area contributed by atoms with Crippen LogP contribution in [-0.4, -0.2) is 16.5 Å². The highest BCUT2D eigenvalue weighted by molar-refractivity contribution is 5.78. The number of nitrogens with zero attached hydrogens (tertiary/aromatic N) is 1. The number of H-pyrrole nitrogens is 1. The lowest BCUT2D eigenvalue weighted by Crippen LogP contribution is -1.95. The van der Waals surface area contributed by atoms with Crippen molar-refractivity contribution in [3.63, 3.8) is 0 Å². The van der Waals surface area contributed by atoms with E-state index in [0.717, 1.165) is 30.2 Å². The molecule has 18 heavy (non-hydrogen) atoms. The molecule has 1 unspecified atom stereocenters. The Balaban J connectivity index is 1.85. The molecule has 4 rings (SSSR count). The van der Waals surface area contributed by atoms with E-state index in [2.05, 4.69) is 28.5 Å². The SMILES string of the molecule is CC1OCc2[nH]c(-c3cccc4c3NCC4)nc21. The average Bonchev–Trinajstić information content (AvgIpc) is 3.06. The Labute approximate surface area is 105 Å². The summed E-state index contributed by atoms with van der Waals surface area (Å²) in [5, 5.41) is 3.45. The Hall–Kier alpha value is -1.81. The monoisotopic (exact) mass is 241 g/mol. The lowest BCUT2D eigenvalue weighted by atomic mass is 10.1. The number of rotatable bonds is 1. The number of anilines is 1. The highest BCUT2D eigenvalue weighted by atomic mass is 16.5. The molecular formula is C14H15N3O. The van der Waals surface area contributed by atoms with Gasteiger partial charge in [-0.1, -0.05) is 12.1 Å². The van der Waals surface area contributed by atoms with Gasteiger partial charge in [-0.05, 0) is 25.0 Å². The Morgan fingerprint density at radius 3 is 3.22 bits per heavy atom. The summed E-state index contributed by atoms with van der Waals surface area (Å²) in [4.78, 5) is 8.09. The van der Waals surface area contributed by atoms with Crippen LogP contribution in [0.25, 0.3) is 11.4 Å². The second-order valence-corrected chi connectivity index (χ2v) is 4.92. The van der Waals surface area contributed by atoms with E-state index in [-0.39, 0.29) is 6.10 Å². The van der Waals surface area contributed by atoms with Gasteiger partial charge in [-0.15, -0.1) is 0 Å². The molecule has 1 aromatic heterocycles. The molecule has 2 aliphatic heterocycles. The summed E-state index contributed by atoms with van der Waals surface area (Å²) in [5.74, 6) is 0.960. The van der Waals surface area contributed by atoms with Crippen molar-refractivity contribution < 1.29 is 4.74 Å². The van der Waals surface area contributed by atoms with Crippen molar-refractivity contribution in [1.82, 2.24) is 9.97 Å². The van der Waals surface area contributed by atoms with Gasteiger partial charge in [0.2, 0.25) is 0 Å². The van der Waals surface area contributed by atoms with E-state index in [1.807, 2.05) is 6.92 Å². The molecule has 1 aromatic carbocycles. The molecule has 0 saturated heterocycles. The molecular weight excluding hydrogens is 226 g/mol. The predicted octanol–water partition coefficient (Wildman–Crippen LogP) is 2.64. The van der Waals surface area contributed by atoms with Crippen molar-refractivity contribution in [1.29, 1.82) is 0 Å². The van der Waals surface area contributed by atoms with Gasteiger partial charge in [0.05, 0.1) is 24.1 Å². The topological polar surface area (TPSA) is 49.9 Å². The number of hydrogen-bond acceptors (Lipinski definition) is 3. The van der Waals surface area contributed by atoms with Crippen LogP contribution in [-0.2, 0) is 17.8 Å². The van der Waals surface area contributed by atoms with E-state index >= 15 is 0 Å². The van der Waals surface area contributed by atoms with E-state index in [9.17, 15) is 0 Å². The van der Waals surface area contributed by atoms with E-state index < -0.39 is 0 Å². The zero-order valence-electron chi connectivity index (χ0n) is 10.3. The number of ether oxygens (including phenoxy) is 1.